The van der Waals surface area contributed by atoms with Gasteiger partial charge in [0.25, 0.3) is 0 Å². The Kier molecular flexibility index (Phi) is 17.1. The Morgan fingerprint density at radius 2 is 1.14 bits per heavy atom. The molecule has 2 nitrogen and oxygen atoms in total. The van der Waals surface area contributed by atoms with E-state index >= 15 is 0 Å². The minimum atomic E-state index is 0. The molecular weight excluding hydrogens is 115 g/mol. The zero-order valence-electron chi connectivity index (χ0n) is 4.98. The fraction of sp³-hybridized carbons (Fsp3) is 1.00. The third kappa shape index (κ3) is 11.2. The summed E-state index contributed by atoms with van der Waals surface area (Å²) in [4.78, 5) is 0. The van der Waals surface area contributed by atoms with E-state index in [1.165, 1.54) is 0 Å². The molecule has 0 spiro atoms. The van der Waals surface area contributed by atoms with Crippen LogP contribution in [0.4, 0.5) is 0 Å². The first-order valence-electron chi connectivity index (χ1n) is 2.32. The van der Waals surface area contributed by atoms with Crippen LogP contribution in [0.3, 0.4) is 0 Å². The first kappa shape index (κ1) is 11.4. The Labute approximate surface area is 87.4 Å². The van der Waals surface area contributed by atoms with Crippen molar-refractivity contribution in [3.05, 3.63) is 0 Å². The molecule has 0 bridgehead atoms. The van der Waals surface area contributed by atoms with E-state index in [-0.39, 0.29) is 51.4 Å². The van der Waals surface area contributed by atoms with Crippen LogP contribution in [-0.2, 0) is 0 Å². The van der Waals surface area contributed by atoms with E-state index in [2.05, 4.69) is 0 Å². The minimum absolute atomic E-state index is 0. The first-order chi connectivity index (χ1) is 2.91. The van der Waals surface area contributed by atoms with Crippen molar-refractivity contribution in [3.63, 3.8) is 0 Å². The van der Waals surface area contributed by atoms with Crippen LogP contribution < -0.4 is 62.9 Å². The predicted molar refractivity (Wildman–Crippen MR) is 27.3 cm³/mol. The van der Waals surface area contributed by atoms with Crippen molar-refractivity contribution >= 4 is 0 Å². The zero-order valence-corrected chi connectivity index (χ0v) is 8.11. The normalized spacial score (nSPS) is 7.71. The van der Waals surface area contributed by atoms with E-state index in [9.17, 15) is 0 Å². The van der Waals surface area contributed by atoms with E-state index in [1.807, 2.05) is 0 Å². The Balaban J connectivity index is 0. The molecule has 38 valence electrons. The maximum atomic E-state index is 5.16. The van der Waals surface area contributed by atoms with Crippen LogP contribution in [0.15, 0.2) is 0 Å². The Bertz CT molecular complexity index is 21.7. The molecule has 0 aromatic rings. The molecule has 0 rings (SSSR count). The van der Waals surface area contributed by atoms with Gasteiger partial charge in [-0.05, 0) is 25.9 Å². The van der Waals surface area contributed by atoms with Gasteiger partial charge in [0.1, 0.15) is 0 Å². The molecule has 0 atom stereocenters. The molecule has 0 aliphatic carbocycles. The summed E-state index contributed by atoms with van der Waals surface area (Å²) < 4.78 is 0. The average Bonchev–Trinajstić information content (AvgIpc) is 1.61. The molecule has 0 aliphatic rings. The molecule has 0 aromatic heterocycles. The van der Waals surface area contributed by atoms with Gasteiger partial charge in [-0.1, -0.05) is 0 Å². The van der Waals surface area contributed by atoms with E-state index in [4.69, 9.17) is 11.5 Å². The first-order valence-corrected chi connectivity index (χ1v) is 2.32. The average molecular weight is 127 g/mol. The standard InChI is InChI=1S/C4H12N2.K/c5-3-1-2-4-6;/h1-6H2;/q;+1. The number of unbranched alkanes of at least 4 members (excludes halogenated alkanes) is 1. The molecule has 0 aliphatic heterocycles. The van der Waals surface area contributed by atoms with Gasteiger partial charge in [-0.3, -0.25) is 0 Å². The van der Waals surface area contributed by atoms with Crippen LogP contribution in [-0.4, -0.2) is 13.1 Å². The fourth-order valence-corrected chi connectivity index (χ4v) is 0.289. The van der Waals surface area contributed by atoms with Crippen LogP contribution in [0, 0.1) is 0 Å². The fourth-order valence-electron chi connectivity index (χ4n) is 0.289. The quantitative estimate of drug-likeness (QED) is 0.308. The van der Waals surface area contributed by atoms with Crippen LogP contribution in [0.5, 0.6) is 0 Å². The number of nitrogens with two attached hydrogens (primary N) is 2. The van der Waals surface area contributed by atoms with Crippen molar-refractivity contribution < 1.29 is 51.4 Å². The minimum Gasteiger partial charge on any atom is -0.330 e. The summed E-state index contributed by atoms with van der Waals surface area (Å²) in [5.74, 6) is 0. The smallest absolute Gasteiger partial charge is 0.330 e. The summed E-state index contributed by atoms with van der Waals surface area (Å²) in [6, 6.07) is 0. The largest absolute Gasteiger partial charge is 1.00 e. The van der Waals surface area contributed by atoms with Crippen molar-refractivity contribution in [1.82, 2.24) is 0 Å². The van der Waals surface area contributed by atoms with Crippen LogP contribution in [0.1, 0.15) is 12.8 Å². The summed E-state index contributed by atoms with van der Waals surface area (Å²) in [5, 5.41) is 0. The van der Waals surface area contributed by atoms with Gasteiger partial charge in [0.2, 0.25) is 0 Å². The van der Waals surface area contributed by atoms with Gasteiger partial charge in [0.15, 0.2) is 0 Å². The molecule has 0 saturated carbocycles. The van der Waals surface area contributed by atoms with E-state index in [1.54, 1.807) is 0 Å². The summed E-state index contributed by atoms with van der Waals surface area (Å²) in [5.41, 5.74) is 10.3. The molecule has 7 heavy (non-hydrogen) atoms. The van der Waals surface area contributed by atoms with Crippen LogP contribution in [0.2, 0.25) is 0 Å². The second-order valence-electron chi connectivity index (χ2n) is 1.28. The topological polar surface area (TPSA) is 52.0 Å². The zero-order chi connectivity index (χ0) is 4.83. The Hall–Kier alpha value is 1.56. The second kappa shape index (κ2) is 10.5. The van der Waals surface area contributed by atoms with Gasteiger partial charge in [-0.2, -0.15) is 0 Å². The van der Waals surface area contributed by atoms with Gasteiger partial charge in [0.05, 0.1) is 0 Å². The third-order valence-corrected chi connectivity index (χ3v) is 0.658. The monoisotopic (exact) mass is 127 g/mol. The summed E-state index contributed by atoms with van der Waals surface area (Å²) in [6.45, 7) is 1.55. The van der Waals surface area contributed by atoms with E-state index in [0.29, 0.717) is 0 Å². The van der Waals surface area contributed by atoms with Gasteiger partial charge < -0.3 is 11.5 Å². The van der Waals surface area contributed by atoms with Gasteiger partial charge in [-0.25, -0.2) is 0 Å². The molecule has 0 heterocycles. The molecule has 0 saturated heterocycles. The molecule has 0 amide bonds. The molecule has 4 N–H and O–H groups in total. The molecule has 3 heteroatoms. The molecule has 0 unspecified atom stereocenters. The van der Waals surface area contributed by atoms with Gasteiger partial charge >= 0.3 is 51.4 Å². The van der Waals surface area contributed by atoms with Gasteiger partial charge in [-0.15, -0.1) is 0 Å². The summed E-state index contributed by atoms with van der Waals surface area (Å²) >= 11 is 0. The third-order valence-electron chi connectivity index (χ3n) is 0.658. The summed E-state index contributed by atoms with van der Waals surface area (Å²) in [7, 11) is 0. The molecule has 0 fully saturated rings. The summed E-state index contributed by atoms with van der Waals surface area (Å²) in [6.07, 6.45) is 2.13. The molecule has 0 radical (unpaired) electrons. The van der Waals surface area contributed by atoms with Crippen molar-refractivity contribution in [2.24, 2.45) is 11.5 Å². The van der Waals surface area contributed by atoms with Crippen molar-refractivity contribution in [2.75, 3.05) is 13.1 Å². The SMILES string of the molecule is NCCCCN.[K+]. The number of rotatable bonds is 3. The number of hydrogen-bond acceptors (Lipinski definition) is 2. The maximum absolute atomic E-state index is 5.16. The van der Waals surface area contributed by atoms with E-state index in [0.717, 1.165) is 25.9 Å². The van der Waals surface area contributed by atoms with Gasteiger partial charge in [0, 0.05) is 0 Å². The van der Waals surface area contributed by atoms with E-state index < -0.39 is 0 Å². The predicted octanol–water partition coefficient (Wildman–Crippen LogP) is -3.31. The molecular formula is C4H12KN2+. The van der Waals surface area contributed by atoms with Crippen LogP contribution >= 0.6 is 0 Å². The van der Waals surface area contributed by atoms with Crippen molar-refractivity contribution in [2.45, 2.75) is 12.8 Å². The van der Waals surface area contributed by atoms with Crippen molar-refractivity contribution in [1.29, 1.82) is 0 Å². The van der Waals surface area contributed by atoms with Crippen LogP contribution in [0.25, 0.3) is 0 Å². The Morgan fingerprint density at radius 1 is 0.857 bits per heavy atom. The number of hydrogen-bond donors (Lipinski definition) is 2. The molecule has 0 aromatic carbocycles. The van der Waals surface area contributed by atoms with Crippen molar-refractivity contribution in [3.8, 4) is 0 Å². The Morgan fingerprint density at radius 3 is 1.29 bits per heavy atom. The maximum Gasteiger partial charge on any atom is 1.00 e. The second-order valence-corrected chi connectivity index (χ2v) is 1.28.